The fourth-order valence-electron chi connectivity index (χ4n) is 3.08. The van der Waals surface area contributed by atoms with Crippen LogP contribution < -0.4 is 10.2 Å². The largest absolute Gasteiger partial charge is 0.465 e. The molecule has 1 amide bonds. The van der Waals surface area contributed by atoms with Crippen LogP contribution in [0.2, 0.25) is 0 Å². The highest BCUT2D eigenvalue weighted by Gasteiger charge is 2.28. The third-order valence-corrected chi connectivity index (χ3v) is 4.45. The molecule has 0 radical (unpaired) electrons. The highest BCUT2D eigenvalue weighted by Crippen LogP contribution is 2.23. The van der Waals surface area contributed by atoms with Crippen molar-refractivity contribution in [3.05, 3.63) is 47.8 Å². The van der Waals surface area contributed by atoms with Crippen molar-refractivity contribution >= 4 is 23.5 Å². The van der Waals surface area contributed by atoms with Gasteiger partial charge in [-0.3, -0.25) is 4.79 Å². The molecule has 2 aromatic rings. The van der Waals surface area contributed by atoms with E-state index < -0.39 is 5.97 Å². The summed E-state index contributed by atoms with van der Waals surface area (Å²) in [6, 6.07) is 8.69. The Morgan fingerprint density at radius 1 is 1.27 bits per heavy atom. The van der Waals surface area contributed by atoms with Crippen LogP contribution in [0, 0.1) is 12.8 Å². The van der Waals surface area contributed by atoms with Gasteiger partial charge in [-0.2, -0.15) is 0 Å². The number of carbonyl (C=O) groups excluding carboxylic acids is 2. The van der Waals surface area contributed by atoms with Crippen LogP contribution in [0.4, 0.5) is 11.6 Å². The second kappa shape index (κ2) is 7.95. The van der Waals surface area contributed by atoms with E-state index in [4.69, 9.17) is 4.74 Å². The predicted molar refractivity (Wildman–Crippen MR) is 98.1 cm³/mol. The number of methoxy groups -OCH3 is 1. The van der Waals surface area contributed by atoms with E-state index in [-0.39, 0.29) is 11.8 Å². The average Bonchev–Trinajstić information content (AvgIpc) is 2.68. The van der Waals surface area contributed by atoms with Crippen LogP contribution in [-0.4, -0.2) is 42.0 Å². The van der Waals surface area contributed by atoms with Crippen molar-refractivity contribution in [2.45, 2.75) is 19.8 Å². The predicted octanol–water partition coefficient (Wildman–Crippen LogP) is 2.43. The van der Waals surface area contributed by atoms with E-state index in [1.807, 2.05) is 17.9 Å². The molecule has 0 bridgehead atoms. The van der Waals surface area contributed by atoms with Crippen LogP contribution >= 0.6 is 0 Å². The average molecular weight is 354 g/mol. The Hall–Kier alpha value is -2.96. The molecule has 1 aromatic heterocycles. The van der Waals surface area contributed by atoms with Crippen molar-refractivity contribution in [2.75, 3.05) is 30.4 Å². The summed E-state index contributed by atoms with van der Waals surface area (Å²) in [6.45, 7) is 3.30. The molecule has 1 aromatic carbocycles. The SMILES string of the molecule is COC(=O)c1ccccc1NC(=O)C1CCCN(c2nccc(C)n2)C1. The molecule has 26 heavy (non-hydrogen) atoms. The second-order valence-corrected chi connectivity index (χ2v) is 6.31. The number of nitrogens with one attached hydrogen (secondary N) is 1. The Balaban J connectivity index is 1.71. The van der Waals surface area contributed by atoms with Crippen molar-refractivity contribution in [3.63, 3.8) is 0 Å². The zero-order chi connectivity index (χ0) is 18.5. The molecular weight excluding hydrogens is 332 g/mol. The van der Waals surface area contributed by atoms with Crippen LogP contribution in [0.3, 0.4) is 0 Å². The zero-order valence-corrected chi connectivity index (χ0v) is 14.9. The molecule has 1 aliphatic heterocycles. The summed E-state index contributed by atoms with van der Waals surface area (Å²) in [5, 5.41) is 2.87. The maximum absolute atomic E-state index is 12.7. The van der Waals surface area contributed by atoms with E-state index in [9.17, 15) is 9.59 Å². The number of piperidine rings is 1. The van der Waals surface area contributed by atoms with Gasteiger partial charge in [0.2, 0.25) is 11.9 Å². The van der Waals surface area contributed by atoms with E-state index in [0.29, 0.717) is 23.7 Å². The minimum absolute atomic E-state index is 0.112. The van der Waals surface area contributed by atoms with Gasteiger partial charge in [-0.15, -0.1) is 0 Å². The first-order valence-corrected chi connectivity index (χ1v) is 8.61. The lowest BCUT2D eigenvalue weighted by Gasteiger charge is -2.32. The number of hydrogen-bond acceptors (Lipinski definition) is 6. The number of carbonyl (C=O) groups is 2. The van der Waals surface area contributed by atoms with Gasteiger partial charge < -0.3 is 15.0 Å². The molecule has 0 saturated carbocycles. The van der Waals surface area contributed by atoms with E-state index in [0.717, 1.165) is 25.1 Å². The van der Waals surface area contributed by atoms with Crippen molar-refractivity contribution < 1.29 is 14.3 Å². The molecule has 136 valence electrons. The molecule has 1 N–H and O–H groups in total. The van der Waals surface area contributed by atoms with Crippen molar-refractivity contribution in [1.29, 1.82) is 0 Å². The molecule has 3 rings (SSSR count). The number of esters is 1. The molecule has 7 heteroatoms. The first-order chi connectivity index (χ1) is 12.6. The number of rotatable bonds is 4. The summed E-state index contributed by atoms with van der Waals surface area (Å²) >= 11 is 0. The highest BCUT2D eigenvalue weighted by molar-refractivity contribution is 6.02. The third-order valence-electron chi connectivity index (χ3n) is 4.45. The molecule has 2 heterocycles. The standard InChI is InChI=1S/C19H22N4O3/c1-13-9-10-20-19(21-13)23-11-5-6-14(12-23)17(24)22-16-8-4-3-7-15(16)18(25)26-2/h3-4,7-10,14H,5-6,11-12H2,1-2H3,(H,22,24). The molecule has 1 saturated heterocycles. The Morgan fingerprint density at radius 2 is 2.08 bits per heavy atom. The van der Waals surface area contributed by atoms with Crippen LogP contribution in [0.15, 0.2) is 36.5 Å². The van der Waals surface area contributed by atoms with Gasteiger partial charge in [0, 0.05) is 25.0 Å². The number of hydrogen-bond donors (Lipinski definition) is 1. The van der Waals surface area contributed by atoms with Crippen LogP contribution in [-0.2, 0) is 9.53 Å². The summed E-state index contributed by atoms with van der Waals surface area (Å²) < 4.78 is 4.78. The quantitative estimate of drug-likeness (QED) is 0.849. The zero-order valence-electron chi connectivity index (χ0n) is 14.9. The normalized spacial score (nSPS) is 16.8. The minimum Gasteiger partial charge on any atom is -0.465 e. The summed E-state index contributed by atoms with van der Waals surface area (Å²) in [4.78, 5) is 35.4. The van der Waals surface area contributed by atoms with Gasteiger partial charge in [0.1, 0.15) is 0 Å². The number of para-hydroxylation sites is 1. The second-order valence-electron chi connectivity index (χ2n) is 6.31. The Labute approximate surface area is 152 Å². The van der Waals surface area contributed by atoms with Gasteiger partial charge in [0.05, 0.1) is 24.3 Å². The Bertz CT molecular complexity index is 809. The minimum atomic E-state index is -0.473. The van der Waals surface area contributed by atoms with Crippen molar-refractivity contribution in [3.8, 4) is 0 Å². The fourth-order valence-corrected chi connectivity index (χ4v) is 3.08. The van der Waals surface area contributed by atoms with Gasteiger partial charge in [-0.05, 0) is 38.0 Å². The number of nitrogens with zero attached hydrogens (tertiary/aromatic N) is 3. The summed E-state index contributed by atoms with van der Waals surface area (Å²) in [7, 11) is 1.32. The highest BCUT2D eigenvalue weighted by atomic mass is 16.5. The molecular formula is C19H22N4O3. The molecule has 1 unspecified atom stereocenters. The molecule has 1 aliphatic rings. The number of amides is 1. The Kier molecular flexibility index (Phi) is 5.46. The van der Waals surface area contributed by atoms with Crippen LogP contribution in [0.25, 0.3) is 0 Å². The lowest BCUT2D eigenvalue weighted by molar-refractivity contribution is -0.120. The lowest BCUT2D eigenvalue weighted by atomic mass is 9.97. The smallest absolute Gasteiger partial charge is 0.339 e. The Morgan fingerprint density at radius 3 is 2.85 bits per heavy atom. The third kappa shape index (κ3) is 3.99. The van der Waals surface area contributed by atoms with Gasteiger partial charge in [0.25, 0.3) is 0 Å². The van der Waals surface area contributed by atoms with E-state index in [2.05, 4.69) is 15.3 Å². The number of ether oxygens (including phenoxy) is 1. The van der Waals surface area contributed by atoms with E-state index in [1.54, 1.807) is 30.5 Å². The maximum atomic E-state index is 12.7. The summed E-state index contributed by atoms with van der Waals surface area (Å²) in [5.74, 6) is -0.130. The molecule has 1 fully saturated rings. The molecule has 0 spiro atoms. The number of benzene rings is 1. The number of aromatic nitrogens is 2. The van der Waals surface area contributed by atoms with E-state index >= 15 is 0 Å². The first-order valence-electron chi connectivity index (χ1n) is 8.61. The topological polar surface area (TPSA) is 84.4 Å². The number of aryl methyl sites for hydroxylation is 1. The fraction of sp³-hybridized carbons (Fsp3) is 0.368. The van der Waals surface area contributed by atoms with Crippen LogP contribution in [0.5, 0.6) is 0 Å². The summed E-state index contributed by atoms with van der Waals surface area (Å²) in [5.41, 5.74) is 1.71. The molecule has 7 nitrogen and oxygen atoms in total. The van der Waals surface area contributed by atoms with Gasteiger partial charge >= 0.3 is 5.97 Å². The first kappa shape index (κ1) is 17.8. The van der Waals surface area contributed by atoms with Gasteiger partial charge in [-0.25, -0.2) is 14.8 Å². The van der Waals surface area contributed by atoms with Gasteiger partial charge in [-0.1, -0.05) is 12.1 Å². The summed E-state index contributed by atoms with van der Waals surface area (Å²) in [6.07, 6.45) is 3.40. The molecule has 1 atom stereocenters. The van der Waals surface area contributed by atoms with Gasteiger partial charge in [0.15, 0.2) is 0 Å². The van der Waals surface area contributed by atoms with Crippen molar-refractivity contribution in [1.82, 2.24) is 9.97 Å². The molecule has 0 aliphatic carbocycles. The monoisotopic (exact) mass is 354 g/mol. The number of anilines is 2. The lowest BCUT2D eigenvalue weighted by Crippen LogP contribution is -2.41. The van der Waals surface area contributed by atoms with E-state index in [1.165, 1.54) is 7.11 Å². The maximum Gasteiger partial charge on any atom is 0.339 e. The van der Waals surface area contributed by atoms with Crippen LogP contribution in [0.1, 0.15) is 28.9 Å². The van der Waals surface area contributed by atoms with Crippen molar-refractivity contribution in [2.24, 2.45) is 5.92 Å².